The molecule has 1 amide bonds. The largest absolute Gasteiger partial charge is 0.477 e. The highest BCUT2D eigenvalue weighted by atomic mass is 79.9. The van der Waals surface area contributed by atoms with Crippen LogP contribution in [0.15, 0.2) is 40.9 Å². The summed E-state index contributed by atoms with van der Waals surface area (Å²) in [5.74, 6) is -1.44. The lowest BCUT2D eigenvalue weighted by molar-refractivity contribution is 0.0690. The van der Waals surface area contributed by atoms with E-state index in [1.807, 2.05) is 0 Å². The molecule has 1 aromatic heterocycles. The van der Waals surface area contributed by atoms with Gasteiger partial charge in [0.2, 0.25) is 0 Å². The molecule has 0 fully saturated rings. The molecule has 0 aliphatic heterocycles. The van der Waals surface area contributed by atoms with E-state index >= 15 is 0 Å². The third-order valence-corrected chi connectivity index (χ3v) is 3.31. The molecular weight excluding hydrogens is 348 g/mol. The van der Waals surface area contributed by atoms with Gasteiger partial charge in [-0.05, 0) is 46.3 Å². The Labute approximate surface area is 127 Å². The third kappa shape index (κ3) is 3.34. The zero-order valence-corrected chi connectivity index (χ0v) is 12.3. The standard InChI is InChI=1S/C13H8BrClN2O3/c14-9-5-4-7(15)6-8(9)12(18)17-11-3-1-2-10(16-11)13(19)20/h1-6H,(H,19,20)(H,16,17,18). The fourth-order valence-electron chi connectivity index (χ4n) is 1.48. The second kappa shape index (κ2) is 6.02. The zero-order valence-electron chi connectivity index (χ0n) is 9.93. The summed E-state index contributed by atoms with van der Waals surface area (Å²) in [6, 6.07) is 9.14. The molecule has 0 spiro atoms. The first-order chi connectivity index (χ1) is 9.47. The van der Waals surface area contributed by atoms with E-state index in [4.69, 9.17) is 16.7 Å². The number of aromatic nitrogens is 1. The molecule has 102 valence electrons. The predicted molar refractivity (Wildman–Crippen MR) is 78.3 cm³/mol. The van der Waals surface area contributed by atoms with Crippen molar-refractivity contribution in [1.82, 2.24) is 4.98 Å². The van der Waals surface area contributed by atoms with Crippen molar-refractivity contribution in [2.45, 2.75) is 0 Å². The van der Waals surface area contributed by atoms with Gasteiger partial charge in [-0.15, -0.1) is 0 Å². The molecule has 2 rings (SSSR count). The van der Waals surface area contributed by atoms with Gasteiger partial charge in [-0.3, -0.25) is 4.79 Å². The van der Waals surface area contributed by atoms with E-state index in [2.05, 4.69) is 26.2 Å². The lowest BCUT2D eigenvalue weighted by atomic mass is 10.2. The molecule has 0 saturated carbocycles. The Morgan fingerprint density at radius 3 is 2.70 bits per heavy atom. The molecule has 0 saturated heterocycles. The monoisotopic (exact) mass is 354 g/mol. The summed E-state index contributed by atoms with van der Waals surface area (Å²) in [5, 5.41) is 11.8. The number of carbonyl (C=O) groups is 2. The van der Waals surface area contributed by atoms with Crippen molar-refractivity contribution in [3.63, 3.8) is 0 Å². The van der Waals surface area contributed by atoms with Crippen LogP contribution in [0.25, 0.3) is 0 Å². The molecule has 0 unspecified atom stereocenters. The molecule has 0 atom stereocenters. The summed E-state index contributed by atoms with van der Waals surface area (Å²) in [6.07, 6.45) is 0. The minimum atomic E-state index is -1.16. The second-order valence-electron chi connectivity index (χ2n) is 3.79. The number of hydrogen-bond acceptors (Lipinski definition) is 3. The van der Waals surface area contributed by atoms with Crippen LogP contribution in [0.5, 0.6) is 0 Å². The van der Waals surface area contributed by atoms with Crippen LogP contribution < -0.4 is 5.32 Å². The molecule has 2 aromatic rings. The number of rotatable bonds is 3. The van der Waals surface area contributed by atoms with Gasteiger partial charge in [0.15, 0.2) is 5.69 Å². The van der Waals surface area contributed by atoms with Crippen molar-refractivity contribution in [3.8, 4) is 0 Å². The van der Waals surface area contributed by atoms with E-state index in [0.717, 1.165) is 0 Å². The van der Waals surface area contributed by atoms with Gasteiger partial charge in [0, 0.05) is 9.50 Å². The van der Waals surface area contributed by atoms with E-state index in [9.17, 15) is 9.59 Å². The van der Waals surface area contributed by atoms with Crippen LogP contribution in [-0.2, 0) is 0 Å². The highest BCUT2D eigenvalue weighted by Gasteiger charge is 2.12. The van der Waals surface area contributed by atoms with Crippen molar-refractivity contribution >= 4 is 45.2 Å². The number of nitrogens with one attached hydrogen (secondary N) is 1. The average molecular weight is 356 g/mol. The highest BCUT2D eigenvalue weighted by molar-refractivity contribution is 9.10. The zero-order chi connectivity index (χ0) is 14.7. The number of carbonyl (C=O) groups excluding carboxylic acids is 1. The number of benzene rings is 1. The van der Waals surface area contributed by atoms with Gasteiger partial charge < -0.3 is 10.4 Å². The van der Waals surface area contributed by atoms with Crippen molar-refractivity contribution in [3.05, 3.63) is 57.2 Å². The van der Waals surface area contributed by atoms with Crippen LogP contribution in [0.4, 0.5) is 5.82 Å². The first kappa shape index (κ1) is 14.5. The summed E-state index contributed by atoms with van der Waals surface area (Å²) in [6.45, 7) is 0. The second-order valence-corrected chi connectivity index (χ2v) is 5.08. The molecule has 7 heteroatoms. The Bertz CT molecular complexity index is 691. The van der Waals surface area contributed by atoms with E-state index < -0.39 is 11.9 Å². The van der Waals surface area contributed by atoms with Crippen LogP contribution >= 0.6 is 27.5 Å². The van der Waals surface area contributed by atoms with Gasteiger partial charge in [0.25, 0.3) is 5.91 Å². The number of hydrogen-bond donors (Lipinski definition) is 2. The SMILES string of the molecule is O=C(O)c1cccc(NC(=O)c2cc(Cl)ccc2Br)n1. The molecule has 2 N–H and O–H groups in total. The molecule has 0 bridgehead atoms. The summed E-state index contributed by atoms with van der Waals surface area (Å²) in [4.78, 5) is 26.7. The molecule has 5 nitrogen and oxygen atoms in total. The van der Waals surface area contributed by atoms with Gasteiger partial charge in [0.05, 0.1) is 5.56 Å². The Morgan fingerprint density at radius 2 is 2.00 bits per heavy atom. The molecule has 1 aromatic carbocycles. The number of carboxylic acid groups (broad SMARTS) is 1. The number of nitrogens with zero attached hydrogens (tertiary/aromatic N) is 1. The number of pyridine rings is 1. The van der Waals surface area contributed by atoms with Crippen LogP contribution in [0.3, 0.4) is 0 Å². The van der Waals surface area contributed by atoms with Crippen molar-refractivity contribution in [2.75, 3.05) is 5.32 Å². The average Bonchev–Trinajstić information content (AvgIpc) is 2.41. The number of anilines is 1. The van der Waals surface area contributed by atoms with E-state index in [1.54, 1.807) is 12.1 Å². The van der Waals surface area contributed by atoms with Crippen LogP contribution in [0.2, 0.25) is 5.02 Å². The number of carboxylic acids is 1. The fraction of sp³-hybridized carbons (Fsp3) is 0. The molecule has 0 radical (unpaired) electrons. The van der Waals surface area contributed by atoms with Crippen LogP contribution in [0, 0.1) is 0 Å². The van der Waals surface area contributed by atoms with Gasteiger partial charge in [-0.1, -0.05) is 17.7 Å². The lowest BCUT2D eigenvalue weighted by Crippen LogP contribution is -2.14. The van der Waals surface area contributed by atoms with E-state index in [0.29, 0.717) is 15.1 Å². The first-order valence-corrected chi connectivity index (χ1v) is 6.61. The minimum absolute atomic E-state index is 0.145. The number of amides is 1. The Morgan fingerprint density at radius 1 is 1.25 bits per heavy atom. The van der Waals surface area contributed by atoms with Crippen molar-refractivity contribution in [1.29, 1.82) is 0 Å². The van der Waals surface area contributed by atoms with Crippen molar-refractivity contribution < 1.29 is 14.7 Å². The maximum atomic E-state index is 12.1. The maximum absolute atomic E-state index is 12.1. The molecule has 0 aliphatic rings. The molecular formula is C13H8BrClN2O3. The Balaban J connectivity index is 2.25. The van der Waals surface area contributed by atoms with Gasteiger partial charge in [-0.2, -0.15) is 0 Å². The topological polar surface area (TPSA) is 79.3 Å². The van der Waals surface area contributed by atoms with Crippen LogP contribution in [0.1, 0.15) is 20.8 Å². The summed E-state index contributed by atoms with van der Waals surface area (Å²) >= 11 is 9.08. The number of halogens is 2. The number of aromatic carboxylic acids is 1. The summed E-state index contributed by atoms with van der Waals surface area (Å²) < 4.78 is 0.578. The van der Waals surface area contributed by atoms with E-state index in [1.165, 1.54) is 24.3 Å². The Hall–Kier alpha value is -1.92. The molecule has 1 heterocycles. The van der Waals surface area contributed by atoms with Crippen LogP contribution in [-0.4, -0.2) is 22.0 Å². The van der Waals surface area contributed by atoms with E-state index in [-0.39, 0.29) is 11.5 Å². The Kier molecular flexibility index (Phi) is 4.36. The van der Waals surface area contributed by atoms with Gasteiger partial charge in [-0.25, -0.2) is 9.78 Å². The summed E-state index contributed by atoms with van der Waals surface area (Å²) in [7, 11) is 0. The fourth-order valence-corrected chi connectivity index (χ4v) is 2.08. The van der Waals surface area contributed by atoms with Crippen molar-refractivity contribution in [2.24, 2.45) is 0 Å². The minimum Gasteiger partial charge on any atom is -0.477 e. The maximum Gasteiger partial charge on any atom is 0.354 e. The highest BCUT2D eigenvalue weighted by Crippen LogP contribution is 2.22. The first-order valence-electron chi connectivity index (χ1n) is 5.44. The van der Waals surface area contributed by atoms with Gasteiger partial charge in [0.1, 0.15) is 5.82 Å². The van der Waals surface area contributed by atoms with Gasteiger partial charge >= 0.3 is 5.97 Å². The quantitative estimate of drug-likeness (QED) is 0.884. The molecule has 0 aliphatic carbocycles. The summed E-state index contributed by atoms with van der Waals surface area (Å²) in [5.41, 5.74) is 0.188. The third-order valence-electron chi connectivity index (χ3n) is 2.38. The molecule has 20 heavy (non-hydrogen) atoms. The predicted octanol–water partition coefficient (Wildman–Crippen LogP) is 3.45. The smallest absolute Gasteiger partial charge is 0.354 e. The lowest BCUT2D eigenvalue weighted by Gasteiger charge is -2.07. The normalized spacial score (nSPS) is 10.1.